The smallest absolute Gasteiger partial charge is 0.339 e. The fraction of sp³-hybridized carbons (Fsp3) is 0.263. The maximum atomic E-state index is 12.3. The molecule has 132 valence electrons. The summed E-state index contributed by atoms with van der Waals surface area (Å²) in [5, 5.41) is 2.96. The largest absolute Gasteiger partial charge is 0.491 e. The average Bonchev–Trinajstić information content (AvgIpc) is 2.55. The van der Waals surface area contributed by atoms with Crippen LogP contribution in [0.2, 0.25) is 5.02 Å². The number of ether oxygens (including phenoxy) is 2. The van der Waals surface area contributed by atoms with E-state index in [0.29, 0.717) is 17.0 Å². The van der Waals surface area contributed by atoms with Gasteiger partial charge in [-0.3, -0.25) is 4.79 Å². The highest BCUT2D eigenvalue weighted by atomic mass is 35.5. The molecule has 0 heterocycles. The number of amides is 1. The Morgan fingerprint density at radius 2 is 1.80 bits per heavy atom. The zero-order valence-corrected chi connectivity index (χ0v) is 15.1. The van der Waals surface area contributed by atoms with Crippen molar-refractivity contribution in [1.82, 2.24) is 0 Å². The quantitative estimate of drug-likeness (QED) is 0.766. The second-order valence-corrected chi connectivity index (χ2v) is 5.97. The third-order valence-corrected chi connectivity index (χ3v) is 3.52. The first-order chi connectivity index (χ1) is 11.9. The summed E-state index contributed by atoms with van der Waals surface area (Å²) in [5.41, 5.74) is 1.24. The van der Waals surface area contributed by atoms with Gasteiger partial charge in [-0.05, 0) is 63.2 Å². The van der Waals surface area contributed by atoms with Crippen molar-refractivity contribution in [3.8, 4) is 5.75 Å². The lowest BCUT2D eigenvalue weighted by Crippen LogP contribution is -2.13. The van der Waals surface area contributed by atoms with E-state index in [4.69, 9.17) is 21.1 Å². The van der Waals surface area contributed by atoms with Crippen molar-refractivity contribution in [3.05, 3.63) is 58.6 Å². The van der Waals surface area contributed by atoms with Gasteiger partial charge in [-0.1, -0.05) is 11.6 Å². The van der Waals surface area contributed by atoms with Crippen LogP contribution < -0.4 is 10.1 Å². The van der Waals surface area contributed by atoms with Crippen molar-refractivity contribution in [2.75, 3.05) is 11.9 Å². The molecule has 2 aromatic rings. The van der Waals surface area contributed by atoms with Crippen molar-refractivity contribution in [3.63, 3.8) is 0 Å². The summed E-state index contributed by atoms with van der Waals surface area (Å²) >= 11 is 6.09. The first kappa shape index (κ1) is 18.8. The van der Waals surface area contributed by atoms with E-state index in [0.717, 1.165) is 0 Å². The van der Waals surface area contributed by atoms with Crippen LogP contribution in [0.25, 0.3) is 0 Å². The van der Waals surface area contributed by atoms with Crippen LogP contribution in [-0.4, -0.2) is 24.6 Å². The Bertz CT molecular complexity index is 757. The molecule has 2 aromatic carbocycles. The topological polar surface area (TPSA) is 64.6 Å². The monoisotopic (exact) mass is 361 g/mol. The molecule has 6 heteroatoms. The van der Waals surface area contributed by atoms with E-state index in [1.807, 2.05) is 13.8 Å². The number of halogens is 1. The lowest BCUT2D eigenvalue weighted by Gasteiger charge is -2.11. The standard InChI is InChI=1S/C19H20ClNO4/c1-4-24-19(23)16-10-7-14(11-17(16)20)21-18(22)13-5-8-15(9-6-13)25-12(2)3/h5-12H,4H2,1-3H3,(H,21,22). The van der Waals surface area contributed by atoms with Gasteiger partial charge in [0.05, 0.1) is 23.3 Å². The van der Waals surface area contributed by atoms with Crippen LogP contribution in [0.15, 0.2) is 42.5 Å². The minimum absolute atomic E-state index is 0.0692. The molecule has 25 heavy (non-hydrogen) atoms. The van der Waals surface area contributed by atoms with Gasteiger partial charge < -0.3 is 14.8 Å². The van der Waals surface area contributed by atoms with E-state index in [9.17, 15) is 9.59 Å². The van der Waals surface area contributed by atoms with E-state index < -0.39 is 5.97 Å². The zero-order valence-electron chi connectivity index (χ0n) is 14.3. The number of carbonyl (C=O) groups is 2. The first-order valence-electron chi connectivity index (χ1n) is 7.95. The molecular formula is C19H20ClNO4. The number of anilines is 1. The van der Waals surface area contributed by atoms with Gasteiger partial charge in [0.15, 0.2) is 0 Å². The molecule has 0 aliphatic heterocycles. The Morgan fingerprint density at radius 3 is 2.36 bits per heavy atom. The Morgan fingerprint density at radius 1 is 1.12 bits per heavy atom. The van der Waals surface area contributed by atoms with Gasteiger partial charge in [0.1, 0.15) is 5.75 Å². The maximum Gasteiger partial charge on any atom is 0.339 e. The highest BCUT2D eigenvalue weighted by Gasteiger charge is 2.13. The van der Waals surface area contributed by atoms with E-state index in [-0.39, 0.29) is 29.2 Å². The molecule has 0 saturated carbocycles. The highest BCUT2D eigenvalue weighted by molar-refractivity contribution is 6.34. The summed E-state index contributed by atoms with van der Waals surface area (Å²) in [6.07, 6.45) is 0.0692. The predicted molar refractivity (Wildman–Crippen MR) is 97.6 cm³/mol. The lowest BCUT2D eigenvalue weighted by atomic mass is 10.1. The van der Waals surface area contributed by atoms with Gasteiger partial charge in [0.25, 0.3) is 5.91 Å². The Labute approximate surface area is 151 Å². The summed E-state index contributed by atoms with van der Waals surface area (Å²) in [4.78, 5) is 24.0. The van der Waals surface area contributed by atoms with Gasteiger partial charge >= 0.3 is 5.97 Å². The van der Waals surface area contributed by atoms with Crippen molar-refractivity contribution in [2.24, 2.45) is 0 Å². The number of esters is 1. The zero-order chi connectivity index (χ0) is 18.4. The van der Waals surface area contributed by atoms with Crippen molar-refractivity contribution >= 4 is 29.2 Å². The molecule has 0 aliphatic carbocycles. The third-order valence-electron chi connectivity index (χ3n) is 3.21. The summed E-state index contributed by atoms with van der Waals surface area (Å²) in [6.45, 7) is 5.86. The van der Waals surface area contributed by atoms with Crippen LogP contribution in [0, 0.1) is 0 Å². The first-order valence-corrected chi connectivity index (χ1v) is 8.33. The van der Waals surface area contributed by atoms with Crippen molar-refractivity contribution in [2.45, 2.75) is 26.9 Å². The van der Waals surface area contributed by atoms with Gasteiger partial charge in [0, 0.05) is 11.3 Å². The molecular weight excluding hydrogens is 342 g/mol. The number of hydrogen-bond acceptors (Lipinski definition) is 4. The molecule has 0 fully saturated rings. The summed E-state index contributed by atoms with van der Waals surface area (Å²) in [5.74, 6) is -0.0736. The van der Waals surface area contributed by atoms with Crippen molar-refractivity contribution < 1.29 is 19.1 Å². The normalized spacial score (nSPS) is 10.4. The summed E-state index contributed by atoms with van der Waals surface area (Å²) in [7, 11) is 0. The molecule has 0 bridgehead atoms. The highest BCUT2D eigenvalue weighted by Crippen LogP contribution is 2.22. The molecule has 2 rings (SSSR count). The Hall–Kier alpha value is -2.53. The molecule has 1 amide bonds. The van der Waals surface area contributed by atoms with E-state index in [1.165, 1.54) is 12.1 Å². The Kier molecular flexibility index (Phi) is 6.42. The molecule has 5 nitrogen and oxygen atoms in total. The number of benzene rings is 2. The number of nitrogens with one attached hydrogen (secondary N) is 1. The molecule has 0 saturated heterocycles. The van der Waals surface area contributed by atoms with Crippen LogP contribution in [0.4, 0.5) is 5.69 Å². The fourth-order valence-electron chi connectivity index (χ4n) is 2.13. The second-order valence-electron chi connectivity index (χ2n) is 5.56. The average molecular weight is 362 g/mol. The molecule has 0 radical (unpaired) electrons. The van der Waals surface area contributed by atoms with Crippen LogP contribution in [0.1, 0.15) is 41.5 Å². The van der Waals surface area contributed by atoms with Gasteiger partial charge in [-0.15, -0.1) is 0 Å². The van der Waals surface area contributed by atoms with Crippen LogP contribution in [-0.2, 0) is 4.74 Å². The lowest BCUT2D eigenvalue weighted by molar-refractivity contribution is 0.0526. The second kappa shape index (κ2) is 8.53. The number of rotatable bonds is 6. The number of hydrogen-bond donors (Lipinski definition) is 1. The van der Waals surface area contributed by atoms with Gasteiger partial charge in [-0.2, -0.15) is 0 Å². The predicted octanol–water partition coefficient (Wildman–Crippen LogP) is 4.56. The number of carbonyl (C=O) groups excluding carboxylic acids is 2. The van der Waals surface area contributed by atoms with E-state index in [1.54, 1.807) is 37.3 Å². The summed E-state index contributed by atoms with van der Waals surface area (Å²) < 4.78 is 10.5. The van der Waals surface area contributed by atoms with Gasteiger partial charge in [-0.25, -0.2) is 4.79 Å². The molecule has 0 unspecified atom stereocenters. The fourth-order valence-corrected chi connectivity index (χ4v) is 2.39. The van der Waals surface area contributed by atoms with E-state index >= 15 is 0 Å². The Balaban J connectivity index is 2.07. The molecule has 0 spiro atoms. The molecule has 0 atom stereocenters. The minimum Gasteiger partial charge on any atom is -0.491 e. The van der Waals surface area contributed by atoms with Crippen LogP contribution in [0.5, 0.6) is 5.75 Å². The third kappa shape index (κ3) is 5.22. The maximum absolute atomic E-state index is 12.3. The summed E-state index contributed by atoms with van der Waals surface area (Å²) in [6, 6.07) is 11.5. The molecule has 1 N–H and O–H groups in total. The molecule has 0 aliphatic rings. The van der Waals surface area contributed by atoms with E-state index in [2.05, 4.69) is 5.32 Å². The minimum atomic E-state index is -0.494. The SMILES string of the molecule is CCOC(=O)c1ccc(NC(=O)c2ccc(OC(C)C)cc2)cc1Cl. The van der Waals surface area contributed by atoms with Gasteiger partial charge in [0.2, 0.25) is 0 Å². The van der Waals surface area contributed by atoms with Crippen LogP contribution >= 0.6 is 11.6 Å². The molecule has 0 aromatic heterocycles. The van der Waals surface area contributed by atoms with Crippen LogP contribution in [0.3, 0.4) is 0 Å². The van der Waals surface area contributed by atoms with Crippen molar-refractivity contribution in [1.29, 1.82) is 0 Å².